The molecule has 1 aliphatic heterocycles. The van der Waals surface area contributed by atoms with E-state index in [9.17, 15) is 14.7 Å². The van der Waals surface area contributed by atoms with Crippen LogP contribution < -0.4 is 9.47 Å². The molecule has 1 saturated heterocycles. The molecule has 0 saturated carbocycles. The molecule has 1 aromatic heterocycles. The molecule has 0 unspecified atom stereocenters. The number of likely N-dealkylation sites (tertiary alicyclic amines) is 1. The van der Waals surface area contributed by atoms with E-state index in [1.807, 2.05) is 26.0 Å². The Morgan fingerprint density at radius 2 is 1.91 bits per heavy atom. The first-order chi connectivity index (χ1) is 14.8. The molecule has 2 atom stereocenters. The second-order valence-corrected chi connectivity index (χ2v) is 9.54. The molecule has 9 nitrogen and oxygen atoms in total. The highest BCUT2D eigenvalue weighted by atomic mass is 16.6. The smallest absolute Gasteiger partial charge is 0.411 e. The molecule has 2 aromatic rings. The lowest BCUT2D eigenvalue weighted by atomic mass is 9.98. The Labute approximate surface area is 187 Å². The summed E-state index contributed by atoms with van der Waals surface area (Å²) in [5, 5.41) is 9.87. The third-order valence-corrected chi connectivity index (χ3v) is 5.37. The third-order valence-electron chi connectivity index (χ3n) is 5.37. The van der Waals surface area contributed by atoms with Crippen molar-refractivity contribution in [1.29, 1.82) is 0 Å². The van der Waals surface area contributed by atoms with Crippen molar-refractivity contribution in [2.24, 2.45) is 0 Å². The molecular formula is C23H31N3O6. The summed E-state index contributed by atoms with van der Waals surface area (Å²) in [5.41, 5.74) is -0.233. The fourth-order valence-electron chi connectivity index (χ4n) is 3.68. The normalized spacial score (nSPS) is 21.1. The molecule has 0 radical (unpaired) electrons. The maximum atomic E-state index is 12.7. The molecule has 0 spiro atoms. The number of hydrogen-bond donors (Lipinski definition) is 1. The lowest BCUT2D eigenvalue weighted by Gasteiger charge is -2.32. The molecule has 1 fully saturated rings. The van der Waals surface area contributed by atoms with Crippen molar-refractivity contribution in [2.75, 3.05) is 13.7 Å². The standard InChI is InChI=1S/C23H31N3O6/c1-13(2)18-19(25-17-10-14(30-7)8-9-16(17)24-18)31-15-11-23(6,20(27)28)26(12-15)21(29)32-22(3,4)5/h8-10,13,15H,11-12H2,1-7H3,(H,27,28)/t15-,23+/m1/s1. The average Bonchev–Trinajstić information content (AvgIpc) is 3.03. The first-order valence-electron chi connectivity index (χ1n) is 10.6. The van der Waals surface area contributed by atoms with E-state index < -0.39 is 29.3 Å². The maximum absolute atomic E-state index is 12.7. The predicted molar refractivity (Wildman–Crippen MR) is 118 cm³/mol. The lowest BCUT2D eigenvalue weighted by molar-refractivity contribution is -0.148. The summed E-state index contributed by atoms with van der Waals surface area (Å²) < 4.78 is 16.9. The molecule has 1 aliphatic rings. The van der Waals surface area contributed by atoms with E-state index in [2.05, 4.69) is 4.98 Å². The second kappa shape index (κ2) is 8.44. The van der Waals surface area contributed by atoms with E-state index in [4.69, 9.17) is 19.2 Å². The Morgan fingerprint density at radius 1 is 1.22 bits per heavy atom. The van der Waals surface area contributed by atoms with Crippen LogP contribution in [0.5, 0.6) is 11.6 Å². The summed E-state index contributed by atoms with van der Waals surface area (Å²) in [6.45, 7) is 10.7. The van der Waals surface area contributed by atoms with Crippen molar-refractivity contribution in [3.63, 3.8) is 0 Å². The monoisotopic (exact) mass is 445 g/mol. The minimum Gasteiger partial charge on any atom is -0.497 e. The third kappa shape index (κ3) is 4.71. The van der Waals surface area contributed by atoms with Crippen LogP contribution in [0.25, 0.3) is 11.0 Å². The zero-order valence-electron chi connectivity index (χ0n) is 19.6. The van der Waals surface area contributed by atoms with Gasteiger partial charge in [-0.3, -0.25) is 4.90 Å². The first-order valence-corrected chi connectivity index (χ1v) is 10.6. The largest absolute Gasteiger partial charge is 0.497 e. The fourth-order valence-corrected chi connectivity index (χ4v) is 3.68. The number of carboxylic acid groups (broad SMARTS) is 1. The van der Waals surface area contributed by atoms with Crippen molar-refractivity contribution < 1.29 is 28.9 Å². The van der Waals surface area contributed by atoms with Crippen LogP contribution in [0.4, 0.5) is 4.79 Å². The van der Waals surface area contributed by atoms with Gasteiger partial charge in [0.05, 0.1) is 24.7 Å². The minimum absolute atomic E-state index is 0.0261. The van der Waals surface area contributed by atoms with Crippen molar-refractivity contribution in [1.82, 2.24) is 14.9 Å². The van der Waals surface area contributed by atoms with Gasteiger partial charge in [0, 0.05) is 18.4 Å². The highest BCUT2D eigenvalue weighted by Crippen LogP contribution is 2.35. The van der Waals surface area contributed by atoms with Gasteiger partial charge in [-0.15, -0.1) is 0 Å². The highest BCUT2D eigenvalue weighted by Gasteiger charge is 2.52. The number of carbonyl (C=O) groups excluding carboxylic acids is 1. The number of carbonyl (C=O) groups is 2. The quantitative estimate of drug-likeness (QED) is 0.735. The van der Waals surface area contributed by atoms with Gasteiger partial charge in [0.1, 0.15) is 28.7 Å². The molecule has 1 amide bonds. The Bertz CT molecular complexity index is 1030. The Morgan fingerprint density at radius 3 is 2.47 bits per heavy atom. The van der Waals surface area contributed by atoms with Gasteiger partial charge < -0.3 is 19.3 Å². The summed E-state index contributed by atoms with van der Waals surface area (Å²) >= 11 is 0. The number of nitrogens with zero attached hydrogens (tertiary/aromatic N) is 3. The van der Waals surface area contributed by atoms with Crippen LogP contribution in [0.3, 0.4) is 0 Å². The first kappa shape index (κ1) is 23.6. The molecule has 3 rings (SSSR count). The predicted octanol–water partition coefficient (Wildman–Crippen LogP) is 3.99. The summed E-state index contributed by atoms with van der Waals surface area (Å²) in [7, 11) is 1.57. The average molecular weight is 446 g/mol. The van der Waals surface area contributed by atoms with Gasteiger partial charge in [0.2, 0.25) is 5.88 Å². The van der Waals surface area contributed by atoms with Crippen LogP contribution >= 0.6 is 0 Å². The maximum Gasteiger partial charge on any atom is 0.411 e. The lowest BCUT2D eigenvalue weighted by Crippen LogP contribution is -2.52. The van der Waals surface area contributed by atoms with Gasteiger partial charge in [0.25, 0.3) is 0 Å². The van der Waals surface area contributed by atoms with E-state index in [0.717, 1.165) is 0 Å². The van der Waals surface area contributed by atoms with Crippen LogP contribution in [0.2, 0.25) is 0 Å². The van der Waals surface area contributed by atoms with Gasteiger partial charge >= 0.3 is 12.1 Å². The van der Waals surface area contributed by atoms with Crippen LogP contribution in [0.1, 0.15) is 59.6 Å². The second-order valence-electron chi connectivity index (χ2n) is 9.54. The number of ether oxygens (including phenoxy) is 3. The van der Waals surface area contributed by atoms with Crippen molar-refractivity contribution in [3.05, 3.63) is 23.9 Å². The number of rotatable bonds is 5. The van der Waals surface area contributed by atoms with Gasteiger partial charge in [-0.25, -0.2) is 19.6 Å². The SMILES string of the molecule is COc1ccc2nc(C(C)C)c(O[C@H]3CN(C(=O)OC(C)(C)C)[C@](C)(C(=O)O)C3)nc2c1. The summed E-state index contributed by atoms with van der Waals surface area (Å²) in [4.78, 5) is 35.4. The number of aliphatic carboxylic acids is 1. The Kier molecular flexibility index (Phi) is 6.22. The topological polar surface area (TPSA) is 111 Å². The number of amides is 1. The zero-order chi connectivity index (χ0) is 23.8. The van der Waals surface area contributed by atoms with Crippen LogP contribution in [-0.4, -0.2) is 62.9 Å². The van der Waals surface area contributed by atoms with Gasteiger partial charge in [0.15, 0.2) is 0 Å². The fraction of sp³-hybridized carbons (Fsp3) is 0.565. The Hall–Kier alpha value is -3.10. The van der Waals surface area contributed by atoms with Gasteiger partial charge in [-0.1, -0.05) is 13.8 Å². The van der Waals surface area contributed by atoms with Crippen LogP contribution in [0.15, 0.2) is 18.2 Å². The van der Waals surface area contributed by atoms with Crippen LogP contribution in [0, 0.1) is 0 Å². The zero-order valence-corrected chi connectivity index (χ0v) is 19.6. The van der Waals surface area contributed by atoms with E-state index in [1.165, 1.54) is 11.8 Å². The summed E-state index contributed by atoms with van der Waals surface area (Å²) in [6, 6.07) is 5.41. The van der Waals surface area contributed by atoms with E-state index in [-0.39, 0.29) is 18.9 Å². The number of fused-ring (bicyclic) bond motifs is 1. The molecular weight excluding hydrogens is 414 g/mol. The van der Waals surface area contributed by atoms with Crippen molar-refractivity contribution >= 4 is 23.1 Å². The van der Waals surface area contributed by atoms with Gasteiger partial charge in [-0.2, -0.15) is 0 Å². The molecule has 0 aliphatic carbocycles. The molecule has 0 bridgehead atoms. The minimum atomic E-state index is -1.46. The number of carboxylic acids is 1. The number of hydrogen-bond acceptors (Lipinski definition) is 7. The molecule has 174 valence electrons. The van der Waals surface area contributed by atoms with Crippen molar-refractivity contribution in [2.45, 2.75) is 71.1 Å². The molecule has 32 heavy (non-hydrogen) atoms. The van der Waals surface area contributed by atoms with E-state index >= 15 is 0 Å². The molecule has 2 heterocycles. The molecule has 9 heteroatoms. The summed E-state index contributed by atoms with van der Waals surface area (Å²) in [6.07, 6.45) is -1.18. The number of benzene rings is 1. The van der Waals surface area contributed by atoms with Crippen LogP contribution in [-0.2, 0) is 9.53 Å². The molecule has 1 N–H and O–H groups in total. The van der Waals surface area contributed by atoms with E-state index in [1.54, 1.807) is 33.9 Å². The van der Waals surface area contributed by atoms with Crippen molar-refractivity contribution in [3.8, 4) is 11.6 Å². The number of methoxy groups -OCH3 is 1. The highest BCUT2D eigenvalue weighted by molar-refractivity contribution is 5.85. The van der Waals surface area contributed by atoms with E-state index in [0.29, 0.717) is 28.4 Å². The number of aromatic nitrogens is 2. The van der Waals surface area contributed by atoms with Gasteiger partial charge in [-0.05, 0) is 39.8 Å². The Balaban J connectivity index is 1.94. The summed E-state index contributed by atoms with van der Waals surface area (Å²) in [5.74, 6) is -0.124. The molecule has 1 aromatic carbocycles.